The van der Waals surface area contributed by atoms with Crippen molar-refractivity contribution in [3.05, 3.63) is 27.8 Å². The van der Waals surface area contributed by atoms with Crippen molar-refractivity contribution < 1.29 is 9.59 Å². The zero-order chi connectivity index (χ0) is 10.1. The van der Waals surface area contributed by atoms with E-state index >= 15 is 0 Å². The van der Waals surface area contributed by atoms with Crippen molar-refractivity contribution in [1.29, 1.82) is 0 Å². The lowest BCUT2D eigenvalue weighted by Gasteiger charge is -2.11. The van der Waals surface area contributed by atoms with Crippen LogP contribution in [-0.2, 0) is 4.79 Å². The average molecular weight is 302 g/mol. The van der Waals surface area contributed by atoms with E-state index in [1.165, 1.54) is 0 Å². The highest BCUT2D eigenvalue weighted by molar-refractivity contribution is 14.1. The number of nitrogens with zero attached hydrogens (tertiary/aromatic N) is 1. The molecule has 1 aromatic rings. The van der Waals surface area contributed by atoms with Crippen molar-refractivity contribution in [3.8, 4) is 0 Å². The van der Waals surface area contributed by atoms with Gasteiger partial charge in [0.1, 0.15) is 0 Å². The summed E-state index contributed by atoms with van der Waals surface area (Å²) in [5.74, 6) is -0.212. The van der Waals surface area contributed by atoms with E-state index in [1.54, 1.807) is 12.1 Å². The highest BCUT2D eigenvalue weighted by atomic mass is 127. The van der Waals surface area contributed by atoms with Gasteiger partial charge in [-0.1, -0.05) is 0 Å². The second-order valence-corrected chi connectivity index (χ2v) is 4.11. The second-order valence-electron chi connectivity index (χ2n) is 2.86. The summed E-state index contributed by atoms with van der Waals surface area (Å²) in [7, 11) is 0. The summed E-state index contributed by atoms with van der Waals surface area (Å²) >= 11 is 2.17. The second kappa shape index (κ2) is 3.56. The molecule has 1 aromatic carbocycles. The SMILES string of the molecule is O=C1CNC(=O)N1c1ccc(I)cc1. The lowest BCUT2D eigenvalue weighted by Crippen LogP contribution is -2.30. The number of imide groups is 1. The monoisotopic (exact) mass is 302 g/mol. The molecule has 0 radical (unpaired) electrons. The molecule has 0 aliphatic carbocycles. The van der Waals surface area contributed by atoms with Crippen molar-refractivity contribution in [2.45, 2.75) is 0 Å². The smallest absolute Gasteiger partial charge is 0.328 e. The largest absolute Gasteiger partial charge is 0.329 e. The van der Waals surface area contributed by atoms with Gasteiger partial charge in [0.15, 0.2) is 0 Å². The summed E-state index contributed by atoms with van der Waals surface area (Å²) in [6.45, 7) is 0.0881. The van der Waals surface area contributed by atoms with Crippen molar-refractivity contribution in [3.63, 3.8) is 0 Å². The predicted octanol–water partition coefficient (Wildman–Crippen LogP) is 1.35. The van der Waals surface area contributed by atoms with E-state index in [1.807, 2.05) is 12.1 Å². The Kier molecular flexibility index (Phi) is 2.40. The molecule has 14 heavy (non-hydrogen) atoms. The van der Waals surface area contributed by atoms with Crippen LogP contribution in [0, 0.1) is 3.57 Å². The first-order valence-corrected chi connectivity index (χ1v) is 5.13. The maximum Gasteiger partial charge on any atom is 0.329 e. The molecule has 72 valence electrons. The topological polar surface area (TPSA) is 49.4 Å². The van der Waals surface area contributed by atoms with E-state index in [0.717, 1.165) is 8.47 Å². The van der Waals surface area contributed by atoms with Gasteiger partial charge in [-0.15, -0.1) is 0 Å². The van der Waals surface area contributed by atoms with Crippen molar-refractivity contribution >= 4 is 40.2 Å². The van der Waals surface area contributed by atoms with E-state index in [-0.39, 0.29) is 18.5 Å². The van der Waals surface area contributed by atoms with Gasteiger partial charge in [-0.05, 0) is 46.9 Å². The molecule has 3 amide bonds. The van der Waals surface area contributed by atoms with E-state index in [2.05, 4.69) is 27.9 Å². The van der Waals surface area contributed by atoms with Gasteiger partial charge in [0.25, 0.3) is 5.91 Å². The summed E-state index contributed by atoms with van der Waals surface area (Å²) in [6, 6.07) is 6.87. The number of hydrogen-bond donors (Lipinski definition) is 1. The van der Waals surface area contributed by atoms with Crippen LogP contribution in [0.1, 0.15) is 0 Å². The molecule has 1 heterocycles. The number of anilines is 1. The van der Waals surface area contributed by atoms with Crippen LogP contribution in [0.5, 0.6) is 0 Å². The Balaban J connectivity index is 2.34. The summed E-state index contributed by atoms with van der Waals surface area (Å²) in [6.07, 6.45) is 0. The molecule has 0 bridgehead atoms. The third-order valence-corrected chi connectivity index (χ3v) is 2.65. The van der Waals surface area contributed by atoms with Gasteiger partial charge in [-0.3, -0.25) is 4.79 Å². The van der Waals surface area contributed by atoms with Crippen LogP contribution in [0.3, 0.4) is 0 Å². The van der Waals surface area contributed by atoms with E-state index in [0.29, 0.717) is 5.69 Å². The predicted molar refractivity (Wildman–Crippen MR) is 60.0 cm³/mol. The molecule has 1 fully saturated rings. The van der Waals surface area contributed by atoms with Gasteiger partial charge in [0.2, 0.25) is 0 Å². The van der Waals surface area contributed by atoms with Gasteiger partial charge in [-0.25, -0.2) is 9.69 Å². The molecule has 0 unspecified atom stereocenters. The fraction of sp³-hybridized carbons (Fsp3) is 0.111. The van der Waals surface area contributed by atoms with Gasteiger partial charge in [-0.2, -0.15) is 0 Å². The molecular formula is C9H7IN2O2. The van der Waals surface area contributed by atoms with Crippen LogP contribution >= 0.6 is 22.6 Å². The molecular weight excluding hydrogens is 295 g/mol. The van der Waals surface area contributed by atoms with Crippen LogP contribution in [0.2, 0.25) is 0 Å². The van der Waals surface area contributed by atoms with Crippen molar-refractivity contribution in [2.75, 3.05) is 11.4 Å². The van der Waals surface area contributed by atoms with Crippen LogP contribution in [0.15, 0.2) is 24.3 Å². The van der Waals surface area contributed by atoms with Crippen molar-refractivity contribution in [1.82, 2.24) is 5.32 Å². The summed E-state index contributed by atoms with van der Waals surface area (Å²) in [5, 5.41) is 2.47. The first-order valence-electron chi connectivity index (χ1n) is 4.05. The molecule has 1 aliphatic heterocycles. The van der Waals surface area contributed by atoms with Crippen LogP contribution in [-0.4, -0.2) is 18.5 Å². The van der Waals surface area contributed by atoms with Gasteiger partial charge >= 0.3 is 6.03 Å². The summed E-state index contributed by atoms with van der Waals surface area (Å²) < 4.78 is 1.07. The number of benzene rings is 1. The lowest BCUT2D eigenvalue weighted by molar-refractivity contribution is -0.115. The molecule has 0 saturated carbocycles. The molecule has 4 nitrogen and oxygen atoms in total. The number of halogens is 1. The Labute approximate surface area is 94.4 Å². The Morgan fingerprint density at radius 2 is 1.86 bits per heavy atom. The number of amides is 3. The fourth-order valence-electron chi connectivity index (χ4n) is 1.27. The Morgan fingerprint density at radius 1 is 1.21 bits per heavy atom. The number of hydrogen-bond acceptors (Lipinski definition) is 2. The molecule has 0 spiro atoms. The number of rotatable bonds is 1. The number of carbonyl (C=O) groups is 2. The van der Waals surface area contributed by atoms with Crippen LogP contribution < -0.4 is 10.2 Å². The van der Waals surface area contributed by atoms with E-state index in [9.17, 15) is 9.59 Å². The minimum atomic E-state index is -0.351. The molecule has 1 saturated heterocycles. The Morgan fingerprint density at radius 3 is 2.36 bits per heavy atom. The van der Waals surface area contributed by atoms with Gasteiger partial charge < -0.3 is 5.32 Å². The third kappa shape index (κ3) is 1.59. The first kappa shape index (κ1) is 9.45. The van der Waals surface area contributed by atoms with Gasteiger partial charge in [0, 0.05) is 3.57 Å². The van der Waals surface area contributed by atoms with Crippen LogP contribution in [0.25, 0.3) is 0 Å². The van der Waals surface area contributed by atoms with E-state index < -0.39 is 0 Å². The summed E-state index contributed by atoms with van der Waals surface area (Å²) in [4.78, 5) is 23.7. The molecule has 5 heteroatoms. The van der Waals surface area contributed by atoms with Crippen LogP contribution in [0.4, 0.5) is 10.5 Å². The highest BCUT2D eigenvalue weighted by Crippen LogP contribution is 2.18. The maximum absolute atomic E-state index is 11.3. The number of carbonyl (C=O) groups excluding carboxylic acids is 2. The normalized spacial score (nSPS) is 15.9. The van der Waals surface area contributed by atoms with E-state index in [4.69, 9.17) is 0 Å². The zero-order valence-corrected chi connectivity index (χ0v) is 9.32. The first-order chi connectivity index (χ1) is 6.68. The highest BCUT2D eigenvalue weighted by Gasteiger charge is 2.29. The minimum Gasteiger partial charge on any atom is -0.328 e. The summed E-state index contributed by atoms with van der Waals surface area (Å²) in [5.41, 5.74) is 0.616. The Hall–Kier alpha value is -1.11. The molecule has 0 atom stereocenters. The average Bonchev–Trinajstić information content (AvgIpc) is 2.49. The molecule has 2 rings (SSSR count). The zero-order valence-electron chi connectivity index (χ0n) is 7.16. The molecule has 1 aliphatic rings. The fourth-order valence-corrected chi connectivity index (χ4v) is 1.63. The minimum absolute atomic E-state index is 0.0881. The number of urea groups is 1. The third-order valence-electron chi connectivity index (χ3n) is 1.93. The maximum atomic E-state index is 11.3. The quantitative estimate of drug-likeness (QED) is 0.629. The van der Waals surface area contributed by atoms with Crippen molar-refractivity contribution in [2.24, 2.45) is 0 Å². The van der Waals surface area contributed by atoms with Gasteiger partial charge in [0.05, 0.1) is 12.2 Å². The Bertz CT molecular complexity index is 372. The standard InChI is InChI=1S/C9H7IN2O2/c10-6-1-3-7(4-2-6)12-8(13)5-11-9(12)14/h1-4H,5H2,(H,11,14). The molecule has 0 aromatic heterocycles. The number of nitrogens with one attached hydrogen (secondary N) is 1. The lowest BCUT2D eigenvalue weighted by atomic mass is 10.3. The molecule has 1 N–H and O–H groups in total.